The summed E-state index contributed by atoms with van der Waals surface area (Å²) >= 11 is 0. The SMILES string of the molecule is CCCCCCCCCC(c1[c]cccc1)[Si](C)(C)OCC. The molecule has 0 N–H and O–H groups in total. The van der Waals surface area contributed by atoms with Gasteiger partial charge in [-0.2, -0.15) is 0 Å². The summed E-state index contributed by atoms with van der Waals surface area (Å²) in [4.78, 5) is 0. The Morgan fingerprint density at radius 1 is 1.00 bits per heavy atom. The van der Waals surface area contributed by atoms with Crippen LogP contribution in [0.3, 0.4) is 0 Å². The van der Waals surface area contributed by atoms with Gasteiger partial charge in [-0.3, -0.25) is 0 Å². The normalized spacial score (nSPS) is 13.3. The number of rotatable bonds is 12. The van der Waals surface area contributed by atoms with Crippen LogP contribution in [0.2, 0.25) is 13.1 Å². The maximum absolute atomic E-state index is 6.17. The standard InChI is InChI=1S/C20H35OSi/c1-5-7-8-9-10-11-15-18-20(22(3,4)21-6-2)19-16-13-12-14-17-19/h12-14,16,20H,5-11,15,18H2,1-4H3. The lowest BCUT2D eigenvalue weighted by Crippen LogP contribution is -2.39. The molecule has 0 spiro atoms. The summed E-state index contributed by atoms with van der Waals surface area (Å²) in [5, 5.41) is 0. The summed E-state index contributed by atoms with van der Waals surface area (Å²) in [6, 6.07) is 11.9. The lowest BCUT2D eigenvalue weighted by molar-refractivity contribution is 0.317. The number of hydrogen-bond donors (Lipinski definition) is 0. The first kappa shape index (κ1) is 19.4. The topological polar surface area (TPSA) is 9.23 Å². The molecule has 0 heterocycles. The highest BCUT2D eigenvalue weighted by molar-refractivity contribution is 6.72. The largest absolute Gasteiger partial charge is 0.417 e. The molecule has 2 heteroatoms. The molecular formula is C20H35OSi. The van der Waals surface area contributed by atoms with E-state index in [1.165, 1.54) is 56.9 Å². The highest BCUT2D eigenvalue weighted by Gasteiger charge is 2.34. The van der Waals surface area contributed by atoms with E-state index in [4.69, 9.17) is 4.43 Å². The lowest BCUT2D eigenvalue weighted by atomic mass is 10.0. The van der Waals surface area contributed by atoms with Crippen LogP contribution in [0, 0.1) is 6.07 Å². The van der Waals surface area contributed by atoms with Gasteiger partial charge in [0, 0.05) is 12.1 Å². The smallest absolute Gasteiger partial charge is 0.194 e. The molecule has 1 aromatic rings. The van der Waals surface area contributed by atoms with Crippen LogP contribution >= 0.6 is 0 Å². The first-order valence-electron chi connectivity index (χ1n) is 9.22. The van der Waals surface area contributed by atoms with E-state index in [1.807, 2.05) is 6.07 Å². The molecule has 125 valence electrons. The van der Waals surface area contributed by atoms with Crippen molar-refractivity contribution < 1.29 is 4.43 Å². The van der Waals surface area contributed by atoms with Crippen molar-refractivity contribution in [3.8, 4) is 0 Å². The van der Waals surface area contributed by atoms with Gasteiger partial charge in [0.05, 0.1) is 0 Å². The Morgan fingerprint density at radius 3 is 2.27 bits per heavy atom. The zero-order chi connectivity index (χ0) is 16.3. The van der Waals surface area contributed by atoms with Gasteiger partial charge in [-0.1, -0.05) is 76.1 Å². The Hall–Kier alpha value is -0.603. The Morgan fingerprint density at radius 2 is 1.68 bits per heavy atom. The van der Waals surface area contributed by atoms with E-state index < -0.39 is 8.32 Å². The minimum Gasteiger partial charge on any atom is -0.417 e. The molecule has 0 aliphatic heterocycles. The van der Waals surface area contributed by atoms with Crippen LogP contribution in [-0.4, -0.2) is 14.9 Å². The highest BCUT2D eigenvalue weighted by Crippen LogP contribution is 2.32. The minimum atomic E-state index is -1.69. The van der Waals surface area contributed by atoms with Crippen LogP contribution in [0.5, 0.6) is 0 Å². The molecule has 1 unspecified atom stereocenters. The monoisotopic (exact) mass is 319 g/mol. The Balaban J connectivity index is 2.50. The third kappa shape index (κ3) is 7.10. The first-order chi connectivity index (χ1) is 10.6. The predicted molar refractivity (Wildman–Crippen MR) is 99.7 cm³/mol. The molecule has 0 bridgehead atoms. The molecular weight excluding hydrogens is 284 g/mol. The van der Waals surface area contributed by atoms with Crippen molar-refractivity contribution in [1.82, 2.24) is 0 Å². The molecule has 0 fully saturated rings. The van der Waals surface area contributed by atoms with Crippen molar-refractivity contribution in [2.45, 2.75) is 83.8 Å². The van der Waals surface area contributed by atoms with Gasteiger partial charge >= 0.3 is 0 Å². The second-order valence-electron chi connectivity index (χ2n) is 6.82. The number of benzene rings is 1. The van der Waals surface area contributed by atoms with Crippen molar-refractivity contribution in [2.24, 2.45) is 0 Å². The van der Waals surface area contributed by atoms with Gasteiger partial charge in [0.25, 0.3) is 0 Å². The van der Waals surface area contributed by atoms with E-state index in [0.29, 0.717) is 5.54 Å². The first-order valence-corrected chi connectivity index (χ1v) is 12.2. The molecule has 1 rings (SSSR count). The number of hydrogen-bond acceptors (Lipinski definition) is 1. The zero-order valence-corrected chi connectivity index (χ0v) is 16.2. The number of unbranched alkanes of at least 4 members (excludes halogenated alkanes) is 6. The van der Waals surface area contributed by atoms with Crippen molar-refractivity contribution in [3.05, 3.63) is 35.9 Å². The van der Waals surface area contributed by atoms with E-state index in [-0.39, 0.29) is 0 Å². The fourth-order valence-electron chi connectivity index (χ4n) is 3.28. The average Bonchev–Trinajstić information content (AvgIpc) is 2.50. The molecule has 0 saturated heterocycles. The van der Waals surface area contributed by atoms with Gasteiger partial charge in [-0.25, -0.2) is 0 Å². The van der Waals surface area contributed by atoms with E-state index in [0.717, 1.165) is 6.61 Å². The summed E-state index contributed by atoms with van der Waals surface area (Å²) in [7, 11) is -1.69. The predicted octanol–water partition coefficient (Wildman–Crippen LogP) is 6.49. The van der Waals surface area contributed by atoms with Crippen LogP contribution in [0.25, 0.3) is 0 Å². The molecule has 0 amide bonds. The maximum atomic E-state index is 6.17. The van der Waals surface area contributed by atoms with E-state index in [2.05, 4.69) is 51.2 Å². The van der Waals surface area contributed by atoms with E-state index in [1.54, 1.807) is 0 Å². The molecule has 1 atom stereocenters. The van der Waals surface area contributed by atoms with Crippen molar-refractivity contribution >= 4 is 8.32 Å². The summed E-state index contributed by atoms with van der Waals surface area (Å²) in [5.74, 6) is 0. The molecule has 1 radical (unpaired) electrons. The van der Waals surface area contributed by atoms with Crippen molar-refractivity contribution in [3.63, 3.8) is 0 Å². The second-order valence-corrected chi connectivity index (χ2v) is 11.0. The fraction of sp³-hybridized carbons (Fsp3) is 0.700. The van der Waals surface area contributed by atoms with Crippen molar-refractivity contribution in [2.75, 3.05) is 6.61 Å². The Labute approximate surface area is 139 Å². The van der Waals surface area contributed by atoms with Crippen LogP contribution in [-0.2, 0) is 4.43 Å². The van der Waals surface area contributed by atoms with Crippen molar-refractivity contribution in [1.29, 1.82) is 0 Å². The summed E-state index contributed by atoms with van der Waals surface area (Å²) in [6.45, 7) is 9.96. The quantitative estimate of drug-likeness (QED) is 0.316. The molecule has 0 aromatic heterocycles. The van der Waals surface area contributed by atoms with Gasteiger partial charge in [-0.05, 0) is 38.1 Å². The molecule has 0 aliphatic rings. The van der Waals surface area contributed by atoms with Gasteiger partial charge in [0.2, 0.25) is 0 Å². The molecule has 0 saturated carbocycles. The molecule has 1 nitrogen and oxygen atoms in total. The van der Waals surface area contributed by atoms with Gasteiger partial charge < -0.3 is 4.43 Å². The zero-order valence-electron chi connectivity index (χ0n) is 15.2. The van der Waals surface area contributed by atoms with Gasteiger partial charge in [-0.15, -0.1) is 0 Å². The van der Waals surface area contributed by atoms with E-state index in [9.17, 15) is 0 Å². The minimum absolute atomic E-state index is 0.573. The Kier molecular flexibility index (Phi) is 9.73. The van der Waals surface area contributed by atoms with E-state index >= 15 is 0 Å². The fourth-order valence-corrected chi connectivity index (χ4v) is 6.05. The second kappa shape index (κ2) is 11.0. The van der Waals surface area contributed by atoms with Crippen LogP contribution < -0.4 is 0 Å². The molecule has 22 heavy (non-hydrogen) atoms. The third-order valence-corrected chi connectivity index (χ3v) is 7.87. The van der Waals surface area contributed by atoms with Crippen LogP contribution in [0.1, 0.15) is 76.3 Å². The maximum Gasteiger partial charge on any atom is 0.194 e. The van der Waals surface area contributed by atoms with Gasteiger partial charge in [0.1, 0.15) is 0 Å². The third-order valence-electron chi connectivity index (χ3n) is 4.56. The average molecular weight is 320 g/mol. The lowest BCUT2D eigenvalue weighted by Gasteiger charge is -2.32. The van der Waals surface area contributed by atoms with Crippen LogP contribution in [0.15, 0.2) is 24.3 Å². The summed E-state index contributed by atoms with van der Waals surface area (Å²) in [5.41, 5.74) is 1.93. The summed E-state index contributed by atoms with van der Waals surface area (Å²) in [6.07, 6.45) is 10.9. The Bertz CT molecular complexity index is 375. The molecule has 1 aromatic carbocycles. The van der Waals surface area contributed by atoms with Gasteiger partial charge in [0.15, 0.2) is 8.32 Å². The summed E-state index contributed by atoms with van der Waals surface area (Å²) < 4.78 is 6.17. The highest BCUT2D eigenvalue weighted by atomic mass is 28.4. The van der Waals surface area contributed by atoms with Crippen LogP contribution in [0.4, 0.5) is 0 Å². The molecule has 0 aliphatic carbocycles.